The zero-order valence-electron chi connectivity index (χ0n) is 17.4. The average molecular weight is 428 g/mol. The Hall–Kier alpha value is -4.26. The fraction of sp³-hybridized carbons (Fsp3) is 0.120. The number of nitrogens with zero attached hydrogens (tertiary/aromatic N) is 2. The van der Waals surface area contributed by atoms with Crippen LogP contribution >= 0.6 is 0 Å². The number of ether oxygens (including phenoxy) is 1. The van der Waals surface area contributed by atoms with Gasteiger partial charge >= 0.3 is 5.97 Å². The molecule has 1 heterocycles. The standard InChI is InChI=1S/C25H20N2O5/c1-17-22(15-24(28)32-16-18-7-3-2-4-8-18)21-9-5-6-10-23(21)26(17)25(29)19-11-13-20(14-12-19)27(30)31/h2-14H,15-16H2,1H3. The Morgan fingerprint density at radius 1 is 0.938 bits per heavy atom. The van der Waals surface area contributed by atoms with Gasteiger partial charge in [0.2, 0.25) is 0 Å². The van der Waals surface area contributed by atoms with Crippen molar-refractivity contribution in [3.05, 3.63) is 111 Å². The third-order valence-electron chi connectivity index (χ3n) is 5.33. The number of para-hydroxylation sites is 1. The Bertz CT molecular complexity index is 1310. The van der Waals surface area contributed by atoms with Crippen LogP contribution in [0.3, 0.4) is 0 Å². The first-order chi connectivity index (χ1) is 15.5. The molecule has 0 radical (unpaired) electrons. The van der Waals surface area contributed by atoms with Crippen LogP contribution in [0.1, 0.15) is 27.2 Å². The fourth-order valence-electron chi connectivity index (χ4n) is 3.71. The number of aromatic nitrogens is 1. The molecule has 4 aromatic rings. The fourth-order valence-corrected chi connectivity index (χ4v) is 3.71. The van der Waals surface area contributed by atoms with Crippen molar-refractivity contribution in [3.63, 3.8) is 0 Å². The van der Waals surface area contributed by atoms with Crippen LogP contribution in [0.4, 0.5) is 5.69 Å². The molecular formula is C25H20N2O5. The molecule has 7 nitrogen and oxygen atoms in total. The maximum absolute atomic E-state index is 13.2. The molecule has 0 atom stereocenters. The molecule has 32 heavy (non-hydrogen) atoms. The lowest BCUT2D eigenvalue weighted by molar-refractivity contribution is -0.384. The summed E-state index contributed by atoms with van der Waals surface area (Å²) in [5.74, 6) is -0.708. The predicted molar refractivity (Wildman–Crippen MR) is 119 cm³/mol. The first-order valence-corrected chi connectivity index (χ1v) is 10.0. The largest absolute Gasteiger partial charge is 0.461 e. The van der Waals surface area contributed by atoms with Gasteiger partial charge in [0.1, 0.15) is 6.61 Å². The summed E-state index contributed by atoms with van der Waals surface area (Å²) in [5, 5.41) is 11.7. The number of hydrogen-bond donors (Lipinski definition) is 0. The zero-order chi connectivity index (χ0) is 22.7. The molecule has 1 aromatic heterocycles. The summed E-state index contributed by atoms with van der Waals surface area (Å²) in [5.41, 5.74) is 3.14. The van der Waals surface area contributed by atoms with Crippen LogP contribution in [-0.2, 0) is 22.6 Å². The molecule has 3 aromatic carbocycles. The number of nitro groups is 1. The number of hydrogen-bond acceptors (Lipinski definition) is 5. The molecule has 160 valence electrons. The van der Waals surface area contributed by atoms with Crippen LogP contribution in [0.5, 0.6) is 0 Å². The van der Waals surface area contributed by atoms with E-state index in [-0.39, 0.29) is 30.6 Å². The van der Waals surface area contributed by atoms with Gasteiger partial charge in [-0.3, -0.25) is 24.3 Å². The smallest absolute Gasteiger partial charge is 0.310 e. The van der Waals surface area contributed by atoms with Gasteiger partial charge in [-0.05, 0) is 36.2 Å². The SMILES string of the molecule is Cc1c(CC(=O)OCc2ccccc2)c2ccccc2n1C(=O)c1ccc([N+](=O)[O-])cc1. The minimum absolute atomic E-state index is 0.0275. The van der Waals surface area contributed by atoms with E-state index in [1.165, 1.54) is 28.8 Å². The Morgan fingerprint density at radius 2 is 1.59 bits per heavy atom. The normalized spacial score (nSPS) is 10.8. The first-order valence-electron chi connectivity index (χ1n) is 10.0. The lowest BCUT2D eigenvalue weighted by Crippen LogP contribution is -2.14. The molecule has 4 rings (SSSR count). The van der Waals surface area contributed by atoms with Crippen LogP contribution < -0.4 is 0 Å². The third-order valence-corrected chi connectivity index (χ3v) is 5.33. The van der Waals surface area contributed by atoms with E-state index < -0.39 is 4.92 Å². The van der Waals surface area contributed by atoms with Crippen molar-refractivity contribution in [1.29, 1.82) is 0 Å². The Balaban J connectivity index is 1.63. The van der Waals surface area contributed by atoms with Gasteiger partial charge in [-0.2, -0.15) is 0 Å². The molecule has 0 fully saturated rings. The summed E-state index contributed by atoms with van der Waals surface area (Å²) in [6, 6.07) is 22.2. The second-order valence-electron chi connectivity index (χ2n) is 7.35. The van der Waals surface area contributed by atoms with Gasteiger partial charge < -0.3 is 4.74 Å². The van der Waals surface area contributed by atoms with Gasteiger partial charge in [0.15, 0.2) is 0 Å². The molecule has 7 heteroatoms. The Labute approximate surface area is 184 Å². The summed E-state index contributed by atoms with van der Waals surface area (Å²) >= 11 is 0. The summed E-state index contributed by atoms with van der Waals surface area (Å²) in [6.45, 7) is 1.96. The number of rotatable bonds is 6. The van der Waals surface area contributed by atoms with Crippen molar-refractivity contribution in [3.8, 4) is 0 Å². The average Bonchev–Trinajstić information content (AvgIpc) is 3.09. The van der Waals surface area contributed by atoms with Gasteiger partial charge in [0, 0.05) is 28.8 Å². The van der Waals surface area contributed by atoms with Gasteiger partial charge in [-0.1, -0.05) is 48.5 Å². The monoisotopic (exact) mass is 428 g/mol. The van der Waals surface area contributed by atoms with E-state index in [1.54, 1.807) is 6.92 Å². The van der Waals surface area contributed by atoms with Gasteiger partial charge in [-0.25, -0.2) is 0 Å². The molecule has 0 aliphatic carbocycles. The molecule has 0 amide bonds. The zero-order valence-corrected chi connectivity index (χ0v) is 17.4. The van der Waals surface area contributed by atoms with Crippen LogP contribution in [0.25, 0.3) is 10.9 Å². The minimum Gasteiger partial charge on any atom is -0.461 e. The van der Waals surface area contributed by atoms with Crippen LogP contribution in [0.2, 0.25) is 0 Å². The topological polar surface area (TPSA) is 91.4 Å². The number of fused-ring (bicyclic) bond motifs is 1. The number of carbonyl (C=O) groups is 2. The van der Waals surface area contributed by atoms with Gasteiger partial charge in [-0.15, -0.1) is 0 Å². The second-order valence-corrected chi connectivity index (χ2v) is 7.35. The van der Waals surface area contributed by atoms with E-state index in [9.17, 15) is 19.7 Å². The van der Waals surface area contributed by atoms with Crippen molar-refractivity contribution < 1.29 is 19.2 Å². The van der Waals surface area contributed by atoms with Crippen LogP contribution in [0, 0.1) is 17.0 Å². The first kappa shape index (κ1) is 21.0. The molecule has 0 saturated heterocycles. The molecule has 0 saturated carbocycles. The van der Waals surface area contributed by atoms with E-state index in [4.69, 9.17) is 4.74 Å². The quantitative estimate of drug-likeness (QED) is 0.249. The van der Waals surface area contributed by atoms with E-state index in [1.807, 2.05) is 54.6 Å². The van der Waals surface area contributed by atoms with Crippen molar-refractivity contribution in [2.75, 3.05) is 0 Å². The van der Waals surface area contributed by atoms with E-state index in [0.717, 1.165) is 10.9 Å². The predicted octanol–water partition coefficient (Wildman–Crippen LogP) is 4.83. The highest BCUT2D eigenvalue weighted by Crippen LogP contribution is 2.28. The lowest BCUT2D eigenvalue weighted by Gasteiger charge is -2.08. The highest BCUT2D eigenvalue weighted by molar-refractivity contribution is 6.04. The lowest BCUT2D eigenvalue weighted by atomic mass is 10.1. The summed E-state index contributed by atoms with van der Waals surface area (Å²) in [4.78, 5) is 36.2. The second kappa shape index (κ2) is 8.85. The molecular weight excluding hydrogens is 408 g/mol. The molecule has 0 N–H and O–H groups in total. The van der Waals surface area contributed by atoms with E-state index >= 15 is 0 Å². The number of carbonyl (C=O) groups excluding carboxylic acids is 2. The summed E-state index contributed by atoms with van der Waals surface area (Å²) in [6.07, 6.45) is 0.0275. The maximum Gasteiger partial charge on any atom is 0.310 e. The number of benzene rings is 3. The molecule has 0 unspecified atom stereocenters. The minimum atomic E-state index is -0.510. The number of non-ortho nitro benzene ring substituents is 1. The van der Waals surface area contributed by atoms with Gasteiger partial charge in [0.05, 0.1) is 16.9 Å². The molecule has 0 aliphatic heterocycles. The van der Waals surface area contributed by atoms with Crippen molar-refractivity contribution in [2.45, 2.75) is 20.0 Å². The number of nitro benzene ring substituents is 1. The summed E-state index contributed by atoms with van der Waals surface area (Å²) in [7, 11) is 0. The van der Waals surface area contributed by atoms with Crippen molar-refractivity contribution in [2.24, 2.45) is 0 Å². The number of esters is 1. The highest BCUT2D eigenvalue weighted by Gasteiger charge is 2.22. The van der Waals surface area contributed by atoms with Crippen LogP contribution in [0.15, 0.2) is 78.9 Å². The molecule has 0 bridgehead atoms. The maximum atomic E-state index is 13.2. The van der Waals surface area contributed by atoms with Crippen molar-refractivity contribution in [1.82, 2.24) is 4.57 Å². The van der Waals surface area contributed by atoms with Crippen LogP contribution in [-0.4, -0.2) is 21.4 Å². The van der Waals surface area contributed by atoms with E-state index in [0.29, 0.717) is 22.3 Å². The summed E-state index contributed by atoms with van der Waals surface area (Å²) < 4.78 is 6.97. The highest BCUT2D eigenvalue weighted by atomic mass is 16.6. The molecule has 0 spiro atoms. The Kier molecular flexibility index (Phi) is 5.81. The Morgan fingerprint density at radius 3 is 2.28 bits per heavy atom. The van der Waals surface area contributed by atoms with Gasteiger partial charge in [0.25, 0.3) is 11.6 Å². The molecule has 0 aliphatic rings. The van der Waals surface area contributed by atoms with E-state index in [2.05, 4.69) is 0 Å². The third kappa shape index (κ3) is 4.13. The van der Waals surface area contributed by atoms with Crippen molar-refractivity contribution >= 4 is 28.5 Å².